The summed E-state index contributed by atoms with van der Waals surface area (Å²) in [6, 6.07) is 11.4. The molecule has 0 saturated heterocycles. The molecule has 0 bridgehead atoms. The first kappa shape index (κ1) is 19.9. The number of aromatic nitrogens is 2. The number of methoxy groups -OCH3 is 1. The van der Waals surface area contributed by atoms with Crippen LogP contribution >= 0.6 is 11.8 Å². The lowest BCUT2D eigenvalue weighted by Crippen LogP contribution is -2.04. The van der Waals surface area contributed by atoms with Crippen LogP contribution in [0.5, 0.6) is 11.5 Å². The maximum Gasteiger partial charge on any atom is 0.277 e. The van der Waals surface area contributed by atoms with E-state index in [1.807, 2.05) is 0 Å². The quantitative estimate of drug-likeness (QED) is 0.394. The van der Waals surface area contributed by atoms with Crippen molar-refractivity contribution < 1.29 is 23.1 Å². The first-order chi connectivity index (χ1) is 13.5. The van der Waals surface area contributed by atoms with Crippen LogP contribution in [0.15, 0.2) is 52.1 Å². The Balaban J connectivity index is 1.67. The highest BCUT2D eigenvalue weighted by molar-refractivity contribution is 7.98. The van der Waals surface area contributed by atoms with Gasteiger partial charge in [-0.2, -0.15) is 0 Å². The number of hydrogen-bond acceptors (Lipinski definition) is 7. The fraction of sp³-hybridized carbons (Fsp3) is 0.250. The molecule has 0 fully saturated rings. The number of carbonyl (C=O) groups excluding carboxylic acids is 1. The van der Waals surface area contributed by atoms with Crippen molar-refractivity contribution in [1.82, 2.24) is 10.2 Å². The number of ether oxygens (including phenoxy) is 2. The van der Waals surface area contributed by atoms with Crippen molar-refractivity contribution in [1.29, 1.82) is 0 Å². The van der Waals surface area contributed by atoms with Crippen LogP contribution in [-0.2, 0) is 5.75 Å². The summed E-state index contributed by atoms with van der Waals surface area (Å²) in [5, 5.41) is 8.31. The number of Topliss-reactive ketones (excluding diaryl/α,β-unsaturated/α-hetero) is 1. The van der Waals surface area contributed by atoms with Gasteiger partial charge in [0.2, 0.25) is 0 Å². The first-order valence-electron chi connectivity index (χ1n) is 8.53. The number of rotatable bonds is 8. The normalized spacial score (nSPS) is 11.9. The third-order valence-electron chi connectivity index (χ3n) is 3.95. The van der Waals surface area contributed by atoms with Gasteiger partial charge in [-0.1, -0.05) is 23.9 Å². The minimum atomic E-state index is -0.602. The van der Waals surface area contributed by atoms with Gasteiger partial charge in [0.25, 0.3) is 11.1 Å². The topological polar surface area (TPSA) is 74.5 Å². The number of carbonyl (C=O) groups is 1. The molecule has 0 aliphatic rings. The summed E-state index contributed by atoms with van der Waals surface area (Å²) in [4.78, 5) is 11.6. The van der Waals surface area contributed by atoms with E-state index in [-0.39, 0.29) is 17.4 Å². The maximum absolute atomic E-state index is 13.7. The third-order valence-corrected chi connectivity index (χ3v) is 4.82. The summed E-state index contributed by atoms with van der Waals surface area (Å²) in [6.07, 6.45) is -0.602. The van der Waals surface area contributed by atoms with Gasteiger partial charge in [-0.05, 0) is 44.2 Å². The lowest BCUT2D eigenvalue weighted by Gasteiger charge is -2.11. The maximum atomic E-state index is 13.7. The van der Waals surface area contributed by atoms with Crippen LogP contribution in [0.1, 0.15) is 41.8 Å². The molecule has 1 aromatic heterocycles. The zero-order valence-corrected chi connectivity index (χ0v) is 16.5. The van der Waals surface area contributed by atoms with Crippen molar-refractivity contribution in [3.8, 4) is 11.5 Å². The Morgan fingerprint density at radius 1 is 1.21 bits per heavy atom. The van der Waals surface area contributed by atoms with Crippen LogP contribution in [0.3, 0.4) is 0 Å². The second-order valence-electron chi connectivity index (χ2n) is 5.97. The standard InChI is InChI=1S/C20H19FN2O4S/c1-12(24)14-8-9-17(25-3)15(10-14)11-28-20-23-22-19(27-20)13(2)26-18-7-5-4-6-16(18)21/h4-10,13H,11H2,1-3H3/t13-/m0/s1. The smallest absolute Gasteiger partial charge is 0.277 e. The van der Waals surface area contributed by atoms with E-state index in [4.69, 9.17) is 13.9 Å². The second-order valence-corrected chi connectivity index (χ2v) is 6.89. The number of nitrogens with zero attached hydrogens (tertiary/aromatic N) is 2. The Labute approximate surface area is 166 Å². The molecule has 0 aliphatic heterocycles. The predicted octanol–water partition coefficient (Wildman–Crippen LogP) is 4.85. The molecule has 0 unspecified atom stereocenters. The van der Waals surface area contributed by atoms with Gasteiger partial charge in [-0.3, -0.25) is 4.79 Å². The molecule has 0 aliphatic carbocycles. The molecule has 0 radical (unpaired) electrons. The van der Waals surface area contributed by atoms with Crippen molar-refractivity contribution in [3.05, 3.63) is 65.3 Å². The molecule has 1 heterocycles. The van der Waals surface area contributed by atoms with Crippen LogP contribution in [0.25, 0.3) is 0 Å². The van der Waals surface area contributed by atoms with Crippen LogP contribution < -0.4 is 9.47 Å². The predicted molar refractivity (Wildman–Crippen MR) is 102 cm³/mol. The Bertz CT molecular complexity index is 976. The Hall–Kier alpha value is -2.87. The second kappa shape index (κ2) is 8.88. The van der Waals surface area contributed by atoms with Crippen LogP contribution in [-0.4, -0.2) is 23.1 Å². The van der Waals surface area contributed by atoms with Crippen molar-refractivity contribution in [3.63, 3.8) is 0 Å². The minimum absolute atomic E-state index is 0.0203. The van der Waals surface area contributed by atoms with Gasteiger partial charge in [0.15, 0.2) is 23.5 Å². The fourth-order valence-corrected chi connectivity index (χ4v) is 3.22. The number of hydrogen-bond donors (Lipinski definition) is 0. The number of ketones is 1. The zero-order valence-electron chi connectivity index (χ0n) is 15.6. The van der Waals surface area contributed by atoms with E-state index < -0.39 is 11.9 Å². The van der Waals surface area contributed by atoms with E-state index in [0.29, 0.717) is 22.3 Å². The molecular weight excluding hydrogens is 383 g/mol. The van der Waals surface area contributed by atoms with Crippen molar-refractivity contribution in [2.75, 3.05) is 7.11 Å². The van der Waals surface area contributed by atoms with Gasteiger partial charge in [-0.15, -0.1) is 10.2 Å². The number of halogens is 1. The number of para-hydroxylation sites is 1. The molecular formula is C20H19FN2O4S. The molecule has 6 nitrogen and oxygen atoms in total. The van der Waals surface area contributed by atoms with E-state index in [2.05, 4.69) is 10.2 Å². The molecule has 3 aromatic rings. The van der Waals surface area contributed by atoms with Crippen LogP contribution in [0, 0.1) is 5.82 Å². The largest absolute Gasteiger partial charge is 0.496 e. The monoisotopic (exact) mass is 402 g/mol. The van der Waals surface area contributed by atoms with E-state index in [9.17, 15) is 9.18 Å². The van der Waals surface area contributed by atoms with Gasteiger partial charge in [0, 0.05) is 16.9 Å². The molecule has 0 N–H and O–H groups in total. The van der Waals surface area contributed by atoms with Gasteiger partial charge < -0.3 is 13.9 Å². The molecule has 146 valence electrons. The lowest BCUT2D eigenvalue weighted by molar-refractivity contribution is 0.101. The van der Waals surface area contributed by atoms with Gasteiger partial charge in [0.1, 0.15) is 5.75 Å². The minimum Gasteiger partial charge on any atom is -0.496 e. The lowest BCUT2D eigenvalue weighted by atomic mass is 10.1. The highest BCUT2D eigenvalue weighted by Crippen LogP contribution is 2.30. The summed E-state index contributed by atoms with van der Waals surface area (Å²) in [5.74, 6) is 1.04. The fourth-order valence-electron chi connectivity index (χ4n) is 2.47. The number of thioether (sulfide) groups is 1. The van der Waals surface area contributed by atoms with Crippen molar-refractivity contribution >= 4 is 17.5 Å². The summed E-state index contributed by atoms with van der Waals surface area (Å²) < 4.78 is 30.2. The Kier molecular flexibility index (Phi) is 6.30. The van der Waals surface area contributed by atoms with Crippen LogP contribution in [0.2, 0.25) is 0 Å². The molecule has 0 spiro atoms. The highest BCUT2D eigenvalue weighted by Gasteiger charge is 2.18. The molecule has 3 rings (SSSR count). The summed E-state index contributed by atoms with van der Waals surface area (Å²) >= 11 is 1.31. The van der Waals surface area contributed by atoms with Crippen LogP contribution in [0.4, 0.5) is 4.39 Å². The van der Waals surface area contributed by atoms with E-state index >= 15 is 0 Å². The molecule has 8 heteroatoms. The Morgan fingerprint density at radius 2 is 2.00 bits per heavy atom. The highest BCUT2D eigenvalue weighted by atomic mass is 32.2. The molecule has 1 atom stereocenters. The Morgan fingerprint density at radius 3 is 2.71 bits per heavy atom. The zero-order chi connectivity index (χ0) is 20.1. The summed E-state index contributed by atoms with van der Waals surface area (Å²) in [5.41, 5.74) is 1.45. The molecule has 0 saturated carbocycles. The average molecular weight is 402 g/mol. The van der Waals surface area contributed by atoms with Gasteiger partial charge in [0.05, 0.1) is 7.11 Å². The van der Waals surface area contributed by atoms with Crippen molar-refractivity contribution in [2.45, 2.75) is 30.9 Å². The summed E-state index contributed by atoms with van der Waals surface area (Å²) in [7, 11) is 1.57. The first-order valence-corrected chi connectivity index (χ1v) is 9.51. The third kappa shape index (κ3) is 4.69. The van der Waals surface area contributed by atoms with E-state index in [1.165, 1.54) is 30.8 Å². The van der Waals surface area contributed by atoms with Gasteiger partial charge in [-0.25, -0.2) is 4.39 Å². The average Bonchev–Trinajstić information content (AvgIpc) is 3.17. The SMILES string of the molecule is COc1ccc(C(C)=O)cc1CSc1nnc([C@H](C)Oc2ccccc2F)o1. The van der Waals surface area contributed by atoms with E-state index in [0.717, 1.165) is 5.56 Å². The van der Waals surface area contributed by atoms with Crippen molar-refractivity contribution in [2.24, 2.45) is 0 Å². The number of benzene rings is 2. The summed E-state index contributed by atoms with van der Waals surface area (Å²) in [6.45, 7) is 3.22. The molecule has 0 amide bonds. The molecule has 28 heavy (non-hydrogen) atoms. The molecule has 2 aromatic carbocycles. The van der Waals surface area contributed by atoms with Gasteiger partial charge >= 0.3 is 0 Å². The van der Waals surface area contributed by atoms with E-state index in [1.54, 1.807) is 44.4 Å².